The van der Waals surface area contributed by atoms with Gasteiger partial charge >= 0.3 is 11.7 Å². The lowest BCUT2D eigenvalue weighted by molar-refractivity contribution is -0.386. The standard InChI is InChI=1S/C15H13F3N4O5/c1-7-15(22(25)26)8(2)21(20-7)5-12(24)27-6-11(23)19-10-4-3-9(16)13(17)14(10)18/h3-4H,5-6H2,1-2H3,(H,19,23). The van der Waals surface area contributed by atoms with Crippen LogP contribution in [0.2, 0.25) is 0 Å². The lowest BCUT2D eigenvalue weighted by Crippen LogP contribution is -2.24. The normalized spacial score (nSPS) is 10.6. The molecule has 1 aromatic heterocycles. The number of aryl methyl sites for hydroxylation is 1. The minimum absolute atomic E-state index is 0.108. The summed E-state index contributed by atoms with van der Waals surface area (Å²) in [5.74, 6) is -6.69. The van der Waals surface area contributed by atoms with Crippen molar-refractivity contribution in [2.24, 2.45) is 0 Å². The lowest BCUT2D eigenvalue weighted by Gasteiger charge is -2.08. The number of carbonyl (C=O) groups excluding carboxylic acids is 2. The number of anilines is 1. The molecule has 9 nitrogen and oxygen atoms in total. The van der Waals surface area contributed by atoms with E-state index in [1.54, 1.807) is 0 Å². The van der Waals surface area contributed by atoms with Crippen molar-refractivity contribution in [2.75, 3.05) is 11.9 Å². The van der Waals surface area contributed by atoms with E-state index < -0.39 is 53.1 Å². The summed E-state index contributed by atoms with van der Waals surface area (Å²) in [5.41, 5.74) is -0.627. The van der Waals surface area contributed by atoms with Crippen molar-refractivity contribution in [1.82, 2.24) is 9.78 Å². The number of ether oxygens (including phenoxy) is 1. The summed E-state index contributed by atoms with van der Waals surface area (Å²) in [4.78, 5) is 33.7. The third kappa shape index (κ3) is 4.40. The molecule has 1 aromatic carbocycles. The molecule has 2 rings (SSSR count). The van der Waals surface area contributed by atoms with Crippen LogP contribution in [0.5, 0.6) is 0 Å². The van der Waals surface area contributed by atoms with E-state index in [9.17, 15) is 32.9 Å². The van der Waals surface area contributed by atoms with Gasteiger partial charge in [0.2, 0.25) is 0 Å². The first-order valence-corrected chi connectivity index (χ1v) is 7.39. The summed E-state index contributed by atoms with van der Waals surface area (Å²) in [5, 5.41) is 16.7. The zero-order valence-corrected chi connectivity index (χ0v) is 14.1. The summed E-state index contributed by atoms with van der Waals surface area (Å²) in [6, 6.07) is 1.43. The molecule has 1 heterocycles. The van der Waals surface area contributed by atoms with Crippen molar-refractivity contribution in [3.05, 3.63) is 51.1 Å². The minimum atomic E-state index is -1.75. The van der Waals surface area contributed by atoms with Crippen molar-refractivity contribution in [3.8, 4) is 0 Å². The first-order valence-electron chi connectivity index (χ1n) is 7.39. The van der Waals surface area contributed by atoms with Crippen LogP contribution in [0.15, 0.2) is 12.1 Å². The average molecular weight is 386 g/mol. The predicted octanol–water partition coefficient (Wildman–Crippen LogP) is 2.01. The Balaban J connectivity index is 1.94. The molecule has 0 unspecified atom stereocenters. The SMILES string of the molecule is Cc1nn(CC(=O)OCC(=O)Nc2ccc(F)c(F)c2F)c(C)c1[N+](=O)[O-]. The summed E-state index contributed by atoms with van der Waals surface area (Å²) in [6.45, 7) is 1.47. The lowest BCUT2D eigenvalue weighted by atomic mass is 10.3. The molecule has 1 amide bonds. The number of halogens is 3. The van der Waals surface area contributed by atoms with Gasteiger partial charge in [0.1, 0.15) is 17.9 Å². The smallest absolute Gasteiger partial charge is 0.328 e. The van der Waals surface area contributed by atoms with Crippen molar-refractivity contribution >= 4 is 23.3 Å². The van der Waals surface area contributed by atoms with E-state index in [1.807, 2.05) is 5.32 Å². The van der Waals surface area contributed by atoms with Gasteiger partial charge in [-0.3, -0.25) is 24.4 Å². The molecule has 0 spiro atoms. The number of amides is 1. The number of carbonyl (C=O) groups is 2. The van der Waals surface area contributed by atoms with Crippen LogP contribution in [0.4, 0.5) is 24.5 Å². The fourth-order valence-electron chi connectivity index (χ4n) is 2.23. The Kier molecular flexibility index (Phi) is 5.78. The molecule has 1 N–H and O–H groups in total. The van der Waals surface area contributed by atoms with Gasteiger partial charge in [-0.25, -0.2) is 13.2 Å². The molecule has 0 atom stereocenters. The molecule has 12 heteroatoms. The maximum Gasteiger partial charge on any atom is 0.328 e. The van der Waals surface area contributed by atoms with E-state index in [4.69, 9.17) is 0 Å². The molecule has 2 aromatic rings. The molecular weight excluding hydrogens is 373 g/mol. The number of nitrogens with one attached hydrogen (secondary N) is 1. The van der Waals surface area contributed by atoms with Gasteiger partial charge in [-0.05, 0) is 26.0 Å². The van der Waals surface area contributed by atoms with Crippen molar-refractivity contribution in [3.63, 3.8) is 0 Å². The molecule has 0 aliphatic carbocycles. The molecule has 0 aliphatic rings. The third-order valence-corrected chi connectivity index (χ3v) is 3.48. The van der Waals surface area contributed by atoms with Gasteiger partial charge in [-0.2, -0.15) is 5.10 Å². The number of hydrogen-bond donors (Lipinski definition) is 1. The Bertz CT molecular complexity index is 929. The highest BCUT2D eigenvalue weighted by molar-refractivity contribution is 5.92. The number of hydrogen-bond acceptors (Lipinski definition) is 6. The van der Waals surface area contributed by atoms with Crippen molar-refractivity contribution in [2.45, 2.75) is 20.4 Å². The molecule has 144 valence electrons. The van der Waals surface area contributed by atoms with Gasteiger partial charge in [0.25, 0.3) is 5.91 Å². The Labute approximate surface area is 149 Å². The van der Waals surface area contributed by atoms with Crippen molar-refractivity contribution < 1.29 is 32.4 Å². The van der Waals surface area contributed by atoms with Crippen LogP contribution in [-0.2, 0) is 20.9 Å². The predicted molar refractivity (Wildman–Crippen MR) is 84.3 cm³/mol. The summed E-state index contributed by atoms with van der Waals surface area (Å²) in [6.07, 6.45) is 0. The number of benzene rings is 1. The first-order chi connectivity index (χ1) is 12.6. The highest BCUT2D eigenvalue weighted by Crippen LogP contribution is 2.22. The summed E-state index contributed by atoms with van der Waals surface area (Å²) >= 11 is 0. The largest absolute Gasteiger partial charge is 0.454 e. The third-order valence-electron chi connectivity index (χ3n) is 3.48. The number of nitro groups is 1. The van der Waals surface area contributed by atoms with Gasteiger partial charge in [-0.1, -0.05) is 0 Å². The van der Waals surface area contributed by atoms with Gasteiger partial charge < -0.3 is 10.1 Å². The zero-order chi connectivity index (χ0) is 20.3. The molecule has 0 radical (unpaired) electrons. The van der Waals surface area contributed by atoms with Gasteiger partial charge in [-0.15, -0.1) is 0 Å². The molecule has 0 bridgehead atoms. The molecule has 0 fully saturated rings. The Morgan fingerprint density at radius 3 is 2.52 bits per heavy atom. The van der Waals surface area contributed by atoms with E-state index in [2.05, 4.69) is 9.84 Å². The van der Waals surface area contributed by atoms with Crippen LogP contribution in [0.1, 0.15) is 11.4 Å². The maximum absolute atomic E-state index is 13.5. The van der Waals surface area contributed by atoms with E-state index in [-0.39, 0.29) is 17.1 Å². The van der Waals surface area contributed by atoms with E-state index in [0.717, 1.165) is 10.7 Å². The van der Waals surface area contributed by atoms with Crippen LogP contribution in [-0.4, -0.2) is 33.2 Å². The van der Waals surface area contributed by atoms with Crippen molar-refractivity contribution in [1.29, 1.82) is 0 Å². The fraction of sp³-hybridized carbons (Fsp3) is 0.267. The second kappa shape index (κ2) is 7.85. The van der Waals surface area contributed by atoms with Gasteiger partial charge in [0, 0.05) is 0 Å². The Morgan fingerprint density at radius 1 is 1.26 bits per heavy atom. The molecule has 27 heavy (non-hydrogen) atoms. The molecular formula is C15H13F3N4O5. The Hall–Kier alpha value is -3.44. The van der Waals surface area contributed by atoms with E-state index >= 15 is 0 Å². The van der Waals surface area contributed by atoms with E-state index in [0.29, 0.717) is 6.07 Å². The number of esters is 1. The molecule has 0 saturated carbocycles. The second-order valence-electron chi connectivity index (χ2n) is 5.37. The zero-order valence-electron chi connectivity index (χ0n) is 14.1. The molecule has 0 saturated heterocycles. The number of aromatic nitrogens is 2. The quantitative estimate of drug-likeness (QED) is 0.351. The van der Waals surface area contributed by atoms with Gasteiger partial charge in [0.05, 0.1) is 10.6 Å². The summed E-state index contributed by atoms with van der Waals surface area (Å²) < 4.78 is 45.1. The Morgan fingerprint density at radius 2 is 1.93 bits per heavy atom. The fourth-order valence-corrected chi connectivity index (χ4v) is 2.23. The van der Waals surface area contributed by atoms with E-state index in [1.165, 1.54) is 13.8 Å². The molecule has 0 aliphatic heterocycles. The van der Waals surface area contributed by atoms with Crippen LogP contribution in [0, 0.1) is 41.4 Å². The van der Waals surface area contributed by atoms with Crippen LogP contribution >= 0.6 is 0 Å². The van der Waals surface area contributed by atoms with Crippen LogP contribution < -0.4 is 5.32 Å². The highest BCUT2D eigenvalue weighted by atomic mass is 19.2. The van der Waals surface area contributed by atoms with Gasteiger partial charge in [0.15, 0.2) is 24.1 Å². The maximum atomic E-state index is 13.5. The second-order valence-corrected chi connectivity index (χ2v) is 5.37. The van der Waals surface area contributed by atoms with Crippen LogP contribution in [0.3, 0.4) is 0 Å². The topological polar surface area (TPSA) is 116 Å². The minimum Gasteiger partial charge on any atom is -0.454 e. The first kappa shape index (κ1) is 19.9. The number of nitrogens with zero attached hydrogens (tertiary/aromatic N) is 3. The monoisotopic (exact) mass is 386 g/mol. The highest BCUT2D eigenvalue weighted by Gasteiger charge is 2.23. The number of rotatable bonds is 6. The summed E-state index contributed by atoms with van der Waals surface area (Å²) in [7, 11) is 0. The van der Waals surface area contributed by atoms with Crippen LogP contribution in [0.25, 0.3) is 0 Å². The average Bonchev–Trinajstić information content (AvgIpc) is 2.87.